The highest BCUT2D eigenvalue weighted by Gasteiger charge is 2.48. The largest absolute Gasteiger partial charge is 0.503 e. The van der Waals surface area contributed by atoms with E-state index in [4.69, 9.17) is 0 Å². The van der Waals surface area contributed by atoms with Crippen molar-refractivity contribution in [2.45, 2.75) is 5.25 Å². The van der Waals surface area contributed by atoms with Crippen molar-refractivity contribution in [1.82, 2.24) is 0 Å². The number of hydrogen-bond donors (Lipinski definition) is 1. The fourth-order valence-electron chi connectivity index (χ4n) is 3.96. The maximum absolute atomic E-state index is 13.3. The summed E-state index contributed by atoms with van der Waals surface area (Å²) in [6.45, 7) is 0. The van der Waals surface area contributed by atoms with Crippen LogP contribution in [0, 0.1) is 0 Å². The standard InChI is InChI=1S/C24H16O4S/c25-21-22(26)24(20-12-10-16-6-2-4-8-18(16)14-20)29(27,28)23(21)19-11-9-15-5-1-3-7-17(15)13-19/h1-14,23,26H. The molecule has 1 aliphatic rings. The fraction of sp³-hybridized carbons (Fsp3) is 0.0417. The maximum Gasteiger partial charge on any atom is 0.221 e. The average Bonchev–Trinajstić information content (AvgIpc) is 2.91. The van der Waals surface area contributed by atoms with E-state index in [1.807, 2.05) is 48.5 Å². The summed E-state index contributed by atoms with van der Waals surface area (Å²) in [5.41, 5.74) is 0.675. The van der Waals surface area contributed by atoms with Crippen LogP contribution in [-0.2, 0) is 14.6 Å². The van der Waals surface area contributed by atoms with E-state index < -0.39 is 26.6 Å². The molecule has 0 radical (unpaired) electrons. The van der Waals surface area contributed by atoms with E-state index in [0.717, 1.165) is 21.5 Å². The molecule has 4 aromatic rings. The Morgan fingerprint density at radius 1 is 0.690 bits per heavy atom. The number of aliphatic hydroxyl groups is 1. The van der Waals surface area contributed by atoms with Gasteiger partial charge in [-0.25, -0.2) is 8.42 Å². The highest BCUT2D eigenvalue weighted by Crippen LogP contribution is 2.44. The predicted molar refractivity (Wildman–Crippen MR) is 114 cm³/mol. The van der Waals surface area contributed by atoms with Crippen LogP contribution < -0.4 is 0 Å². The summed E-state index contributed by atoms with van der Waals surface area (Å²) in [5, 5.41) is 12.7. The molecule has 4 nitrogen and oxygen atoms in total. The molecule has 0 amide bonds. The monoisotopic (exact) mass is 400 g/mol. The van der Waals surface area contributed by atoms with E-state index in [9.17, 15) is 18.3 Å². The van der Waals surface area contributed by atoms with Gasteiger partial charge in [0.2, 0.25) is 5.78 Å². The van der Waals surface area contributed by atoms with Gasteiger partial charge < -0.3 is 5.11 Å². The van der Waals surface area contributed by atoms with E-state index in [0.29, 0.717) is 11.1 Å². The Balaban J connectivity index is 1.66. The average molecular weight is 400 g/mol. The van der Waals surface area contributed by atoms with Gasteiger partial charge in [-0.3, -0.25) is 4.79 Å². The van der Waals surface area contributed by atoms with E-state index in [1.165, 1.54) is 0 Å². The van der Waals surface area contributed by atoms with Crippen molar-refractivity contribution < 1.29 is 18.3 Å². The number of hydrogen-bond acceptors (Lipinski definition) is 4. The molecule has 0 bridgehead atoms. The van der Waals surface area contributed by atoms with Gasteiger partial charge in [-0.05, 0) is 44.8 Å². The van der Waals surface area contributed by atoms with E-state index in [2.05, 4.69) is 0 Å². The first-order valence-corrected chi connectivity index (χ1v) is 10.7. The molecule has 1 aliphatic heterocycles. The molecule has 1 heterocycles. The third-order valence-corrected chi connectivity index (χ3v) is 7.47. The number of carbonyl (C=O) groups excluding carboxylic acids is 1. The molecular formula is C24H16O4S. The molecule has 0 spiro atoms. The van der Waals surface area contributed by atoms with Crippen molar-refractivity contribution in [3.63, 3.8) is 0 Å². The van der Waals surface area contributed by atoms with Gasteiger partial charge in [0.25, 0.3) is 0 Å². The van der Waals surface area contributed by atoms with Gasteiger partial charge in [0, 0.05) is 0 Å². The van der Waals surface area contributed by atoms with Crippen LogP contribution in [0.1, 0.15) is 16.4 Å². The summed E-state index contributed by atoms with van der Waals surface area (Å²) >= 11 is 0. The van der Waals surface area contributed by atoms with Gasteiger partial charge in [0.15, 0.2) is 20.8 Å². The number of Topliss-reactive ketones (excluding diaryl/α,β-unsaturated/α-hetero) is 1. The number of fused-ring (bicyclic) bond motifs is 2. The Hall–Kier alpha value is -3.44. The minimum absolute atomic E-state index is 0.300. The molecule has 0 aliphatic carbocycles. The summed E-state index contributed by atoms with van der Waals surface area (Å²) in [5.74, 6) is -1.48. The molecule has 1 unspecified atom stereocenters. The molecule has 4 aromatic carbocycles. The molecule has 5 heteroatoms. The summed E-state index contributed by atoms with van der Waals surface area (Å²) < 4.78 is 26.7. The van der Waals surface area contributed by atoms with E-state index >= 15 is 0 Å². The van der Waals surface area contributed by atoms with Crippen LogP contribution >= 0.6 is 0 Å². The SMILES string of the molecule is O=C1C(O)=C(c2ccc3ccccc3c2)S(=O)(=O)C1c1ccc2ccccc2c1. The van der Waals surface area contributed by atoms with E-state index in [-0.39, 0.29) is 4.91 Å². The highest BCUT2D eigenvalue weighted by atomic mass is 32.2. The van der Waals surface area contributed by atoms with Crippen LogP contribution in [0.4, 0.5) is 0 Å². The summed E-state index contributed by atoms with van der Waals surface area (Å²) in [6, 6.07) is 25.3. The molecule has 0 fully saturated rings. The van der Waals surface area contributed by atoms with Gasteiger partial charge in [0.05, 0.1) is 0 Å². The Labute approximate surface area is 167 Å². The minimum atomic E-state index is -4.09. The van der Waals surface area contributed by atoms with Gasteiger partial charge in [0.1, 0.15) is 4.91 Å². The molecule has 5 rings (SSSR count). The number of ketones is 1. The molecule has 0 saturated carbocycles. The number of aliphatic hydroxyl groups excluding tert-OH is 1. The molecule has 1 atom stereocenters. The lowest BCUT2D eigenvalue weighted by Gasteiger charge is -2.12. The van der Waals surface area contributed by atoms with Crippen molar-refractivity contribution in [2.75, 3.05) is 0 Å². The smallest absolute Gasteiger partial charge is 0.221 e. The number of allylic oxidation sites excluding steroid dienone is 1. The third kappa shape index (κ3) is 2.66. The predicted octanol–water partition coefficient (Wildman–Crippen LogP) is 4.96. The minimum Gasteiger partial charge on any atom is -0.503 e. The first-order valence-electron chi connectivity index (χ1n) is 9.16. The van der Waals surface area contributed by atoms with Crippen LogP contribution in [0.2, 0.25) is 0 Å². The summed E-state index contributed by atoms with van der Waals surface area (Å²) in [4.78, 5) is 12.5. The highest BCUT2D eigenvalue weighted by molar-refractivity contribution is 8.02. The number of sulfone groups is 1. The van der Waals surface area contributed by atoms with Crippen LogP contribution in [0.3, 0.4) is 0 Å². The zero-order valence-corrected chi connectivity index (χ0v) is 16.1. The Kier molecular flexibility index (Phi) is 3.83. The Morgan fingerprint density at radius 3 is 1.90 bits per heavy atom. The van der Waals surface area contributed by atoms with Gasteiger partial charge in [-0.15, -0.1) is 0 Å². The molecule has 1 N–H and O–H groups in total. The first-order chi connectivity index (χ1) is 14.0. The van der Waals surface area contributed by atoms with Crippen LogP contribution in [0.15, 0.2) is 90.7 Å². The van der Waals surface area contributed by atoms with Gasteiger partial charge >= 0.3 is 0 Å². The van der Waals surface area contributed by atoms with Crippen LogP contribution in [0.5, 0.6) is 0 Å². The summed E-state index contributed by atoms with van der Waals surface area (Å²) in [7, 11) is -4.09. The number of benzene rings is 4. The van der Waals surface area contributed by atoms with Crippen LogP contribution in [0.25, 0.3) is 26.5 Å². The maximum atomic E-state index is 13.3. The van der Waals surface area contributed by atoms with E-state index in [1.54, 1.807) is 36.4 Å². The van der Waals surface area contributed by atoms with Crippen LogP contribution in [-0.4, -0.2) is 19.3 Å². The normalized spacial score (nSPS) is 18.6. The second kappa shape index (κ2) is 6.29. The lowest BCUT2D eigenvalue weighted by Crippen LogP contribution is -2.16. The van der Waals surface area contributed by atoms with Crippen molar-refractivity contribution >= 4 is 42.1 Å². The Morgan fingerprint density at radius 2 is 1.24 bits per heavy atom. The van der Waals surface area contributed by atoms with Gasteiger partial charge in [-0.2, -0.15) is 0 Å². The second-order valence-corrected chi connectivity index (χ2v) is 9.11. The van der Waals surface area contributed by atoms with Crippen molar-refractivity contribution in [3.05, 3.63) is 102 Å². The molecule has 29 heavy (non-hydrogen) atoms. The topological polar surface area (TPSA) is 71.4 Å². The fourth-order valence-corrected chi connectivity index (χ4v) is 5.92. The lowest BCUT2D eigenvalue weighted by atomic mass is 10.0. The molecular weight excluding hydrogens is 384 g/mol. The Bertz CT molecular complexity index is 1450. The number of carbonyl (C=O) groups is 1. The zero-order chi connectivity index (χ0) is 20.2. The second-order valence-electron chi connectivity index (χ2n) is 7.14. The molecule has 0 saturated heterocycles. The third-order valence-electron chi connectivity index (χ3n) is 5.37. The quantitative estimate of drug-likeness (QED) is 0.516. The first kappa shape index (κ1) is 17.6. The van der Waals surface area contributed by atoms with Crippen molar-refractivity contribution in [3.8, 4) is 0 Å². The zero-order valence-electron chi connectivity index (χ0n) is 15.2. The van der Waals surface area contributed by atoms with Gasteiger partial charge in [-0.1, -0.05) is 72.8 Å². The number of rotatable bonds is 2. The summed E-state index contributed by atoms with van der Waals surface area (Å²) in [6.07, 6.45) is 0. The lowest BCUT2D eigenvalue weighted by molar-refractivity contribution is -0.117. The van der Waals surface area contributed by atoms with Crippen molar-refractivity contribution in [1.29, 1.82) is 0 Å². The molecule has 0 aromatic heterocycles. The van der Waals surface area contributed by atoms with Crippen molar-refractivity contribution in [2.24, 2.45) is 0 Å². The molecule has 142 valence electrons.